The third kappa shape index (κ3) is 2.68. The van der Waals surface area contributed by atoms with Crippen molar-refractivity contribution in [2.45, 2.75) is 53.0 Å². The number of nitrogens with zero attached hydrogens (tertiary/aromatic N) is 2. The fourth-order valence-electron chi connectivity index (χ4n) is 5.94. The second-order valence-corrected chi connectivity index (χ2v) is 9.92. The second-order valence-electron chi connectivity index (χ2n) is 9.92. The summed E-state index contributed by atoms with van der Waals surface area (Å²) in [5.41, 5.74) is 11.1. The first kappa shape index (κ1) is 19.5. The van der Waals surface area contributed by atoms with Crippen LogP contribution >= 0.6 is 0 Å². The number of rotatable bonds is 2. The van der Waals surface area contributed by atoms with E-state index >= 15 is 0 Å². The molecule has 32 heavy (non-hydrogen) atoms. The lowest BCUT2D eigenvalue weighted by atomic mass is 9.94. The second kappa shape index (κ2) is 6.93. The molecule has 2 nitrogen and oxygen atoms in total. The molecule has 0 spiro atoms. The van der Waals surface area contributed by atoms with E-state index in [4.69, 9.17) is 0 Å². The monoisotopic (exact) mass is 419 g/mol. The van der Waals surface area contributed by atoms with E-state index in [1.807, 2.05) is 0 Å². The molecule has 6 rings (SSSR count). The van der Waals surface area contributed by atoms with Crippen LogP contribution in [-0.2, 0) is 19.9 Å². The number of hydrogen-bond acceptors (Lipinski definition) is 0. The summed E-state index contributed by atoms with van der Waals surface area (Å²) in [6.45, 7) is 9.08. The summed E-state index contributed by atoms with van der Waals surface area (Å²) in [5, 5.41) is 5.46. The minimum absolute atomic E-state index is 0.402. The third-order valence-corrected chi connectivity index (χ3v) is 7.58. The zero-order chi connectivity index (χ0) is 22.1. The largest absolute Gasteiger partial charge is 0.338 e. The number of fused-ring (bicyclic) bond motifs is 5. The number of para-hydroxylation sites is 1. The van der Waals surface area contributed by atoms with Crippen LogP contribution in [0.15, 0.2) is 54.6 Å². The van der Waals surface area contributed by atoms with E-state index in [9.17, 15) is 0 Å². The zero-order valence-corrected chi connectivity index (χ0v) is 19.8. The van der Waals surface area contributed by atoms with Crippen LogP contribution < -0.4 is 4.57 Å². The van der Waals surface area contributed by atoms with Gasteiger partial charge in [0.1, 0.15) is 7.05 Å². The zero-order valence-electron chi connectivity index (χ0n) is 19.8. The van der Waals surface area contributed by atoms with Crippen LogP contribution in [0.4, 0.5) is 0 Å². The van der Waals surface area contributed by atoms with Crippen LogP contribution in [0.3, 0.4) is 0 Å². The van der Waals surface area contributed by atoms with Crippen molar-refractivity contribution in [3.8, 4) is 11.3 Å². The maximum absolute atomic E-state index is 2.50. The highest BCUT2D eigenvalue weighted by atomic mass is 15.0. The van der Waals surface area contributed by atoms with E-state index in [0.717, 1.165) is 0 Å². The van der Waals surface area contributed by atoms with Crippen molar-refractivity contribution >= 4 is 32.6 Å². The molecule has 0 saturated heterocycles. The molecular formula is C30H31N2+. The van der Waals surface area contributed by atoms with Crippen molar-refractivity contribution in [1.82, 2.24) is 4.57 Å². The average Bonchev–Trinajstić information content (AvgIpc) is 3.35. The van der Waals surface area contributed by atoms with Gasteiger partial charge in [-0.1, -0.05) is 24.3 Å². The number of pyridine rings is 1. The predicted molar refractivity (Wildman–Crippen MR) is 135 cm³/mol. The van der Waals surface area contributed by atoms with E-state index < -0.39 is 0 Å². The summed E-state index contributed by atoms with van der Waals surface area (Å²) in [4.78, 5) is 0. The Hall–Kier alpha value is -3.13. The lowest BCUT2D eigenvalue weighted by Gasteiger charge is -2.14. The topological polar surface area (TPSA) is 8.81 Å². The van der Waals surface area contributed by atoms with Crippen molar-refractivity contribution < 1.29 is 4.57 Å². The molecule has 0 saturated carbocycles. The fraction of sp³-hybridized carbons (Fsp3) is 0.300. The van der Waals surface area contributed by atoms with Crippen LogP contribution in [0.2, 0.25) is 0 Å². The number of hydrogen-bond donors (Lipinski definition) is 0. The molecule has 0 aliphatic heterocycles. The fourth-order valence-corrected chi connectivity index (χ4v) is 5.94. The maximum Gasteiger partial charge on any atom is 0.220 e. The molecule has 0 amide bonds. The molecule has 0 bridgehead atoms. The van der Waals surface area contributed by atoms with E-state index in [1.165, 1.54) is 79.9 Å². The minimum atomic E-state index is 0.402. The Morgan fingerprint density at radius 2 is 1.56 bits per heavy atom. The van der Waals surface area contributed by atoms with Crippen LogP contribution in [0.25, 0.3) is 43.8 Å². The molecule has 1 aliphatic carbocycles. The number of benzene rings is 3. The van der Waals surface area contributed by atoms with Gasteiger partial charge in [-0.2, -0.15) is 4.57 Å². The van der Waals surface area contributed by atoms with Gasteiger partial charge in [-0.15, -0.1) is 0 Å². The molecule has 2 aromatic heterocycles. The molecule has 0 atom stereocenters. The van der Waals surface area contributed by atoms with Crippen molar-refractivity contribution in [3.63, 3.8) is 0 Å². The van der Waals surface area contributed by atoms with Gasteiger partial charge in [-0.3, -0.25) is 0 Å². The maximum atomic E-state index is 2.50. The summed E-state index contributed by atoms with van der Waals surface area (Å²) in [7, 11) is 2.22. The Labute approximate surface area is 190 Å². The average molecular weight is 420 g/mol. The molecule has 0 fully saturated rings. The quantitative estimate of drug-likeness (QED) is 0.269. The first-order valence-corrected chi connectivity index (χ1v) is 11.9. The highest BCUT2D eigenvalue weighted by Gasteiger charge is 2.24. The van der Waals surface area contributed by atoms with E-state index in [2.05, 4.69) is 98.5 Å². The van der Waals surface area contributed by atoms with Crippen LogP contribution in [0.1, 0.15) is 48.7 Å². The molecule has 5 aromatic rings. The van der Waals surface area contributed by atoms with Crippen molar-refractivity contribution in [3.05, 3.63) is 77.0 Å². The minimum Gasteiger partial charge on any atom is -0.338 e. The molecule has 160 valence electrons. The van der Waals surface area contributed by atoms with Crippen LogP contribution in [0.5, 0.6) is 0 Å². The summed E-state index contributed by atoms with van der Waals surface area (Å²) in [6, 6.07) is 21.4. The molecule has 2 heteroatoms. The van der Waals surface area contributed by atoms with Gasteiger partial charge in [0.05, 0.1) is 16.5 Å². The number of aromatic nitrogens is 2. The highest BCUT2D eigenvalue weighted by Crippen LogP contribution is 2.38. The van der Waals surface area contributed by atoms with E-state index in [-0.39, 0.29) is 0 Å². The van der Waals surface area contributed by atoms with Gasteiger partial charge in [0.25, 0.3) is 0 Å². The molecule has 1 aliphatic rings. The smallest absolute Gasteiger partial charge is 0.220 e. The molecule has 0 radical (unpaired) electrons. The Morgan fingerprint density at radius 1 is 0.812 bits per heavy atom. The summed E-state index contributed by atoms with van der Waals surface area (Å²) in [6.07, 6.45) is 3.72. The van der Waals surface area contributed by atoms with Gasteiger partial charge >= 0.3 is 0 Å². The van der Waals surface area contributed by atoms with E-state index in [0.29, 0.717) is 6.04 Å². The standard InChI is InChI=1S/C30H31N2/c1-18(2)32-28-12-7-6-11-24(28)27-13-19(3)25(17-29(27)32)30-26-16-22-10-8-9-21(22)15-23(26)14-20(4)31(30)5/h6-7,11-18H,8-10H2,1-5H3/q+1. The van der Waals surface area contributed by atoms with Crippen molar-refractivity contribution in [1.29, 1.82) is 0 Å². The molecular weight excluding hydrogens is 388 g/mol. The van der Waals surface area contributed by atoms with Gasteiger partial charge in [-0.25, -0.2) is 0 Å². The molecule has 3 aromatic carbocycles. The molecule has 0 unspecified atom stereocenters. The normalized spacial score (nSPS) is 13.7. The Kier molecular flexibility index (Phi) is 4.24. The summed E-state index contributed by atoms with van der Waals surface area (Å²) < 4.78 is 4.89. The highest BCUT2D eigenvalue weighted by molar-refractivity contribution is 6.10. The van der Waals surface area contributed by atoms with Crippen LogP contribution in [-0.4, -0.2) is 4.57 Å². The van der Waals surface area contributed by atoms with Gasteiger partial charge in [0.15, 0.2) is 5.69 Å². The van der Waals surface area contributed by atoms with Crippen molar-refractivity contribution in [2.24, 2.45) is 7.05 Å². The Morgan fingerprint density at radius 3 is 2.34 bits per heavy atom. The lowest BCUT2D eigenvalue weighted by Crippen LogP contribution is -2.35. The first-order valence-electron chi connectivity index (χ1n) is 11.9. The van der Waals surface area contributed by atoms with Gasteiger partial charge in [0.2, 0.25) is 5.69 Å². The van der Waals surface area contributed by atoms with Gasteiger partial charge in [0, 0.05) is 35.3 Å². The summed E-state index contributed by atoms with van der Waals surface area (Å²) in [5.74, 6) is 0. The third-order valence-electron chi connectivity index (χ3n) is 7.58. The summed E-state index contributed by atoms with van der Waals surface area (Å²) >= 11 is 0. The molecule has 2 heterocycles. The first-order chi connectivity index (χ1) is 15.4. The van der Waals surface area contributed by atoms with Gasteiger partial charge in [-0.05, 0) is 86.4 Å². The van der Waals surface area contributed by atoms with Crippen LogP contribution in [0, 0.1) is 13.8 Å². The lowest BCUT2D eigenvalue weighted by molar-refractivity contribution is -0.665. The number of aryl methyl sites for hydroxylation is 4. The van der Waals surface area contributed by atoms with E-state index in [1.54, 1.807) is 5.56 Å². The Balaban J connectivity index is 1.74. The van der Waals surface area contributed by atoms with Crippen molar-refractivity contribution in [2.75, 3.05) is 0 Å². The SMILES string of the molecule is Cc1cc2c3ccccc3n(C(C)C)c2cc1-c1c2cc3c(cc2cc(C)[n+]1C)CCC3. The predicted octanol–water partition coefficient (Wildman–Crippen LogP) is 7.13. The Bertz CT molecular complexity index is 1550. The van der Waals surface area contributed by atoms with Gasteiger partial charge < -0.3 is 4.57 Å². The molecule has 0 N–H and O–H groups in total.